The van der Waals surface area contributed by atoms with Crippen LogP contribution >= 0.6 is 7.60 Å². The van der Waals surface area contributed by atoms with Crippen molar-refractivity contribution in [1.82, 2.24) is 0 Å². The van der Waals surface area contributed by atoms with Crippen molar-refractivity contribution in [2.45, 2.75) is 85.7 Å². The zero-order valence-corrected chi connectivity index (χ0v) is 18.0. The average Bonchev–Trinajstić information content (AvgIpc) is 2.55. The van der Waals surface area contributed by atoms with Gasteiger partial charge in [0.05, 0.1) is 25.5 Å². The highest BCUT2D eigenvalue weighted by molar-refractivity contribution is 7.54. The van der Waals surface area contributed by atoms with Gasteiger partial charge in [-0.25, -0.2) is 0 Å². The smallest absolute Gasteiger partial charge is 0.333 e. The Kier molecular flexibility index (Phi) is 13.6. The summed E-state index contributed by atoms with van der Waals surface area (Å²) in [4.78, 5) is 11.2. The third kappa shape index (κ3) is 12.6. The molecule has 0 heterocycles. The van der Waals surface area contributed by atoms with Gasteiger partial charge in [-0.3, -0.25) is 9.36 Å². The van der Waals surface area contributed by atoms with E-state index in [-0.39, 0.29) is 18.2 Å². The van der Waals surface area contributed by atoms with Gasteiger partial charge in [-0.2, -0.15) is 0 Å². The molecule has 0 rings (SSSR count). The molecule has 0 bridgehead atoms. The molecule has 0 radical (unpaired) electrons. The monoisotopic (exact) mass is 378 g/mol. The van der Waals surface area contributed by atoms with Gasteiger partial charge in [-0.05, 0) is 43.9 Å². The van der Waals surface area contributed by atoms with Crippen LogP contribution in [0.3, 0.4) is 0 Å². The molecule has 5 nitrogen and oxygen atoms in total. The number of rotatable bonds is 15. The van der Waals surface area contributed by atoms with Crippen LogP contribution in [0.4, 0.5) is 0 Å². The fourth-order valence-corrected chi connectivity index (χ4v) is 4.03. The molecular formula is C19H39O5P. The molecule has 0 aromatic rings. The highest BCUT2D eigenvalue weighted by atomic mass is 31.2. The van der Waals surface area contributed by atoms with Crippen molar-refractivity contribution in [2.75, 3.05) is 19.8 Å². The summed E-state index contributed by atoms with van der Waals surface area (Å²) < 4.78 is 29.7. The molecule has 0 aliphatic rings. The lowest BCUT2D eigenvalue weighted by Gasteiger charge is -2.24. The van der Waals surface area contributed by atoms with Gasteiger partial charge in [-0.15, -0.1) is 0 Å². The summed E-state index contributed by atoms with van der Waals surface area (Å²) >= 11 is 0. The lowest BCUT2D eigenvalue weighted by atomic mass is 10.1. The average molecular weight is 378 g/mol. The van der Waals surface area contributed by atoms with Crippen molar-refractivity contribution in [3.05, 3.63) is 0 Å². The second-order valence-electron chi connectivity index (χ2n) is 7.49. The molecule has 25 heavy (non-hydrogen) atoms. The Morgan fingerprint density at radius 1 is 0.840 bits per heavy atom. The Bertz CT molecular complexity index is 375. The Morgan fingerprint density at radius 2 is 1.32 bits per heavy atom. The topological polar surface area (TPSA) is 61.8 Å². The van der Waals surface area contributed by atoms with Crippen molar-refractivity contribution in [2.24, 2.45) is 11.8 Å². The first-order chi connectivity index (χ1) is 11.7. The van der Waals surface area contributed by atoms with Crippen LogP contribution in [0.25, 0.3) is 0 Å². The molecule has 0 fully saturated rings. The van der Waals surface area contributed by atoms with E-state index in [0.717, 1.165) is 25.7 Å². The molecule has 0 aromatic heterocycles. The summed E-state index contributed by atoms with van der Waals surface area (Å²) in [6, 6.07) is 0. The highest BCUT2D eigenvalue weighted by Crippen LogP contribution is 2.54. The first-order valence-electron chi connectivity index (χ1n) is 9.75. The zero-order chi connectivity index (χ0) is 19.3. The van der Waals surface area contributed by atoms with E-state index in [4.69, 9.17) is 13.8 Å². The second kappa shape index (κ2) is 13.8. The number of esters is 1. The van der Waals surface area contributed by atoms with E-state index in [1.54, 1.807) is 6.92 Å². The Balaban J connectivity index is 4.51. The maximum absolute atomic E-state index is 13.2. The van der Waals surface area contributed by atoms with Crippen molar-refractivity contribution in [3.8, 4) is 0 Å². The Hall–Kier alpha value is -0.380. The maximum Gasteiger partial charge on any atom is 0.333 e. The van der Waals surface area contributed by atoms with E-state index in [1.807, 2.05) is 6.92 Å². The third-order valence-electron chi connectivity index (χ3n) is 4.02. The van der Waals surface area contributed by atoms with Crippen molar-refractivity contribution in [3.63, 3.8) is 0 Å². The Labute approximate surface area is 154 Å². The van der Waals surface area contributed by atoms with Crippen LogP contribution in [-0.2, 0) is 23.1 Å². The van der Waals surface area contributed by atoms with Crippen LogP contribution in [0.1, 0.15) is 80.1 Å². The highest BCUT2D eigenvalue weighted by Gasteiger charge is 2.32. The van der Waals surface area contributed by atoms with E-state index in [0.29, 0.717) is 37.9 Å². The molecule has 0 aliphatic carbocycles. The lowest BCUT2D eigenvalue weighted by molar-refractivity contribution is -0.143. The minimum atomic E-state index is -3.19. The number of hydrogen-bond acceptors (Lipinski definition) is 5. The largest absolute Gasteiger partial charge is 0.466 e. The fourth-order valence-electron chi connectivity index (χ4n) is 2.26. The van der Waals surface area contributed by atoms with Gasteiger partial charge in [-0.1, -0.05) is 41.5 Å². The first-order valence-corrected chi connectivity index (χ1v) is 11.4. The van der Waals surface area contributed by atoms with Gasteiger partial charge in [0.25, 0.3) is 0 Å². The van der Waals surface area contributed by atoms with E-state index < -0.39 is 7.60 Å². The summed E-state index contributed by atoms with van der Waals surface area (Å²) in [6.45, 7) is 13.4. The standard InChI is InChI=1S/C19H39O5P/c1-7-19(20)22-15-12-18(6)25(21,23-13-8-10-16(2)3)24-14-9-11-17(4)5/h16-18H,7-15H2,1-6H3. The van der Waals surface area contributed by atoms with Crippen LogP contribution < -0.4 is 0 Å². The molecule has 0 saturated carbocycles. The molecule has 0 amide bonds. The van der Waals surface area contributed by atoms with Gasteiger partial charge >= 0.3 is 13.6 Å². The molecule has 0 aromatic carbocycles. The summed E-state index contributed by atoms with van der Waals surface area (Å²) in [6.07, 6.45) is 4.65. The number of ether oxygens (including phenoxy) is 1. The van der Waals surface area contributed by atoms with Gasteiger partial charge < -0.3 is 13.8 Å². The van der Waals surface area contributed by atoms with Crippen molar-refractivity contribution in [1.29, 1.82) is 0 Å². The molecule has 1 unspecified atom stereocenters. The van der Waals surface area contributed by atoms with Gasteiger partial charge in [0.1, 0.15) is 0 Å². The van der Waals surface area contributed by atoms with Crippen LogP contribution in [0.5, 0.6) is 0 Å². The maximum atomic E-state index is 13.2. The second-order valence-corrected chi connectivity index (χ2v) is 9.97. The molecule has 150 valence electrons. The molecule has 0 spiro atoms. The van der Waals surface area contributed by atoms with E-state index in [9.17, 15) is 9.36 Å². The van der Waals surface area contributed by atoms with E-state index >= 15 is 0 Å². The van der Waals surface area contributed by atoms with Crippen LogP contribution in [0, 0.1) is 11.8 Å². The van der Waals surface area contributed by atoms with Crippen molar-refractivity contribution < 1.29 is 23.1 Å². The van der Waals surface area contributed by atoms with Crippen LogP contribution in [0.2, 0.25) is 0 Å². The first kappa shape index (κ1) is 24.6. The molecule has 0 saturated heterocycles. The molecular weight excluding hydrogens is 339 g/mol. The summed E-state index contributed by atoms with van der Waals surface area (Å²) in [7, 11) is -3.19. The normalized spacial score (nSPS) is 13.4. The minimum Gasteiger partial charge on any atom is -0.466 e. The lowest BCUT2D eigenvalue weighted by Crippen LogP contribution is -2.15. The SMILES string of the molecule is CCC(=O)OCCC(C)P(=O)(OCCCC(C)C)OCCCC(C)C. The summed E-state index contributed by atoms with van der Waals surface area (Å²) in [5, 5.41) is 0. The van der Waals surface area contributed by atoms with E-state index in [2.05, 4.69) is 27.7 Å². The zero-order valence-electron chi connectivity index (χ0n) is 17.1. The van der Waals surface area contributed by atoms with Gasteiger partial charge in [0.2, 0.25) is 0 Å². The van der Waals surface area contributed by atoms with Gasteiger partial charge in [0, 0.05) is 6.42 Å². The number of carbonyl (C=O) groups is 1. The third-order valence-corrected chi connectivity index (χ3v) is 6.44. The van der Waals surface area contributed by atoms with E-state index in [1.165, 1.54) is 0 Å². The fraction of sp³-hybridized carbons (Fsp3) is 0.947. The quantitative estimate of drug-likeness (QED) is 0.204. The predicted octanol–water partition coefficient (Wildman–Crippen LogP) is 5.82. The van der Waals surface area contributed by atoms with Gasteiger partial charge in [0.15, 0.2) is 0 Å². The summed E-state index contributed by atoms with van der Waals surface area (Å²) in [5.74, 6) is 0.958. The number of carbonyl (C=O) groups excluding carboxylic acids is 1. The number of hydrogen-bond donors (Lipinski definition) is 0. The van der Waals surface area contributed by atoms with Crippen molar-refractivity contribution >= 4 is 13.6 Å². The molecule has 1 atom stereocenters. The molecule has 0 aliphatic heterocycles. The molecule has 0 N–H and O–H groups in total. The molecule has 6 heteroatoms. The Morgan fingerprint density at radius 3 is 1.72 bits per heavy atom. The van der Waals surface area contributed by atoms with Crippen LogP contribution in [0.15, 0.2) is 0 Å². The summed E-state index contributed by atoms with van der Waals surface area (Å²) in [5.41, 5.74) is -0.282. The minimum absolute atomic E-state index is 0.238. The van der Waals surface area contributed by atoms with Crippen LogP contribution in [-0.4, -0.2) is 31.4 Å². The predicted molar refractivity (Wildman–Crippen MR) is 103 cm³/mol.